The highest BCUT2D eigenvalue weighted by molar-refractivity contribution is 7.90. The second kappa shape index (κ2) is 9.77. The number of anilines is 1. The fraction of sp³-hybridized carbons (Fsp3) is 0.524. The summed E-state index contributed by atoms with van der Waals surface area (Å²) in [6.45, 7) is 5.09. The maximum atomic E-state index is 15.0. The molecule has 2 aromatic rings. The van der Waals surface area contributed by atoms with E-state index in [1.807, 2.05) is 13.8 Å². The highest BCUT2D eigenvalue weighted by Gasteiger charge is 2.37. The van der Waals surface area contributed by atoms with Crippen molar-refractivity contribution in [2.24, 2.45) is 5.92 Å². The lowest BCUT2D eigenvalue weighted by Crippen LogP contribution is -2.56. The number of sulfone groups is 1. The van der Waals surface area contributed by atoms with E-state index in [1.54, 1.807) is 12.3 Å². The van der Waals surface area contributed by atoms with Crippen molar-refractivity contribution < 1.29 is 17.9 Å². The van der Waals surface area contributed by atoms with Crippen molar-refractivity contribution in [3.63, 3.8) is 0 Å². The average Bonchev–Trinajstić information content (AvgIpc) is 2.67. The van der Waals surface area contributed by atoms with Crippen LogP contribution in [-0.4, -0.2) is 65.6 Å². The van der Waals surface area contributed by atoms with E-state index in [0.29, 0.717) is 30.8 Å². The summed E-state index contributed by atoms with van der Waals surface area (Å²) in [6, 6.07) is 3.14. The molecular weight excluding hydrogens is 443 g/mol. The third-order valence-electron chi connectivity index (χ3n) is 5.62. The van der Waals surface area contributed by atoms with E-state index in [9.17, 15) is 12.8 Å². The van der Waals surface area contributed by atoms with Gasteiger partial charge in [-0.1, -0.05) is 11.6 Å². The van der Waals surface area contributed by atoms with E-state index in [2.05, 4.69) is 20.2 Å². The molecule has 2 N–H and O–H groups in total. The Morgan fingerprint density at radius 1 is 1.35 bits per heavy atom. The van der Waals surface area contributed by atoms with Crippen LogP contribution in [0, 0.1) is 11.7 Å². The molecule has 0 aliphatic carbocycles. The van der Waals surface area contributed by atoms with Crippen LogP contribution in [0.4, 0.5) is 10.1 Å². The van der Waals surface area contributed by atoms with Gasteiger partial charge in [-0.05, 0) is 38.0 Å². The van der Waals surface area contributed by atoms with Crippen LogP contribution in [-0.2, 0) is 16.4 Å². The highest BCUT2D eigenvalue weighted by Crippen LogP contribution is 2.32. The number of aliphatic hydroxyl groups is 1. The van der Waals surface area contributed by atoms with Crippen LogP contribution in [0.2, 0.25) is 5.15 Å². The van der Waals surface area contributed by atoms with Gasteiger partial charge in [-0.2, -0.15) is 0 Å². The first-order chi connectivity index (χ1) is 14.6. The number of nitrogens with one attached hydrogen (secondary N) is 1. The first kappa shape index (κ1) is 23.8. The quantitative estimate of drug-likeness (QED) is 0.544. The molecule has 3 heterocycles. The lowest BCUT2D eigenvalue weighted by Gasteiger charge is -2.46. The van der Waals surface area contributed by atoms with Crippen LogP contribution >= 0.6 is 11.6 Å². The minimum atomic E-state index is -3.01. The monoisotopic (exact) mass is 470 g/mol. The molecule has 3 atom stereocenters. The number of nitrogens with zero attached hydrogens (tertiary/aromatic N) is 3. The molecule has 7 nitrogen and oxygen atoms in total. The van der Waals surface area contributed by atoms with Crippen molar-refractivity contribution in [2.75, 3.05) is 30.5 Å². The zero-order valence-corrected chi connectivity index (χ0v) is 19.4. The van der Waals surface area contributed by atoms with Gasteiger partial charge >= 0.3 is 0 Å². The zero-order chi connectivity index (χ0) is 22.8. The number of hydrogen-bond acceptors (Lipinski definition) is 7. The first-order valence-corrected chi connectivity index (χ1v) is 12.6. The summed E-state index contributed by atoms with van der Waals surface area (Å²) in [5, 5.41) is 12.6. The van der Waals surface area contributed by atoms with Gasteiger partial charge in [0.2, 0.25) is 0 Å². The molecule has 170 valence electrons. The minimum Gasteiger partial charge on any atom is -0.396 e. The molecule has 1 saturated heterocycles. The second-order valence-corrected chi connectivity index (χ2v) is 10.9. The molecule has 1 aliphatic rings. The van der Waals surface area contributed by atoms with Crippen molar-refractivity contribution >= 4 is 27.1 Å². The summed E-state index contributed by atoms with van der Waals surface area (Å²) < 4.78 is 38.0. The normalized spacial score (nSPS) is 20.3. The fourth-order valence-electron chi connectivity index (χ4n) is 3.84. The third kappa shape index (κ3) is 6.12. The van der Waals surface area contributed by atoms with Crippen LogP contribution in [0.3, 0.4) is 0 Å². The van der Waals surface area contributed by atoms with E-state index >= 15 is 0 Å². The predicted molar refractivity (Wildman–Crippen MR) is 120 cm³/mol. The number of pyridine rings is 2. The Bertz CT molecular complexity index is 1040. The Morgan fingerprint density at radius 3 is 2.71 bits per heavy atom. The summed E-state index contributed by atoms with van der Waals surface area (Å²) in [4.78, 5) is 10.5. The van der Waals surface area contributed by atoms with Crippen molar-refractivity contribution in [3.05, 3.63) is 41.1 Å². The lowest BCUT2D eigenvalue weighted by molar-refractivity contribution is 0.0323. The molecule has 0 unspecified atom stereocenters. The van der Waals surface area contributed by atoms with E-state index in [1.165, 1.54) is 18.5 Å². The van der Waals surface area contributed by atoms with E-state index in [0.717, 1.165) is 5.56 Å². The van der Waals surface area contributed by atoms with Crippen molar-refractivity contribution in [3.8, 4) is 11.3 Å². The van der Waals surface area contributed by atoms with Gasteiger partial charge in [0, 0.05) is 67.6 Å². The summed E-state index contributed by atoms with van der Waals surface area (Å²) in [5.74, 6) is -0.202. The molecule has 3 rings (SSSR count). The van der Waals surface area contributed by atoms with Gasteiger partial charge in [-0.25, -0.2) is 17.8 Å². The molecule has 1 fully saturated rings. The molecule has 10 heteroatoms. The van der Waals surface area contributed by atoms with Gasteiger partial charge in [0.1, 0.15) is 26.5 Å². The molecule has 0 bridgehead atoms. The number of aliphatic hydroxyl groups excluding tert-OH is 1. The highest BCUT2D eigenvalue weighted by atomic mass is 35.5. The standard InChI is InChI=1S/C21H28ClFN4O3S/c1-13(4-5-28)26-19-7-20(22)24-9-17(19)21-18(23)6-15(8-25-21)10-27-11-16(14(27)2)12-31(3,29)30/h6-9,13-14,16,28H,4-5,10-12H2,1-3H3,(H,24,26)/t13-,14-,16-/m0/s1. The number of likely N-dealkylation sites (tertiary alicyclic amines) is 1. The molecule has 2 aromatic heterocycles. The van der Waals surface area contributed by atoms with Gasteiger partial charge in [-0.3, -0.25) is 9.88 Å². The van der Waals surface area contributed by atoms with Crippen LogP contribution in [0.1, 0.15) is 25.8 Å². The van der Waals surface area contributed by atoms with E-state index in [-0.39, 0.29) is 41.2 Å². The Labute approximate surface area is 187 Å². The van der Waals surface area contributed by atoms with Crippen molar-refractivity contribution in [2.45, 2.75) is 38.9 Å². The van der Waals surface area contributed by atoms with Crippen LogP contribution in [0.15, 0.2) is 24.5 Å². The topological polar surface area (TPSA) is 95.4 Å². The largest absolute Gasteiger partial charge is 0.396 e. The Balaban J connectivity index is 1.75. The molecular formula is C21H28ClFN4O3S. The maximum Gasteiger partial charge on any atom is 0.149 e. The van der Waals surface area contributed by atoms with E-state index in [4.69, 9.17) is 16.7 Å². The molecule has 0 amide bonds. The number of aromatic nitrogens is 2. The number of hydrogen-bond donors (Lipinski definition) is 2. The molecule has 31 heavy (non-hydrogen) atoms. The first-order valence-electron chi connectivity index (χ1n) is 10.2. The molecule has 0 spiro atoms. The number of rotatable bonds is 9. The summed E-state index contributed by atoms with van der Waals surface area (Å²) >= 11 is 6.02. The summed E-state index contributed by atoms with van der Waals surface area (Å²) in [7, 11) is -3.01. The SMILES string of the molecule is C[C@@H](CCO)Nc1cc(Cl)ncc1-c1ncc(CN2C[C@@H](CS(C)(=O)=O)[C@@H]2C)cc1F. The Hall–Kier alpha value is -1.81. The number of halogens is 2. The summed E-state index contributed by atoms with van der Waals surface area (Å²) in [5.41, 5.74) is 1.97. The zero-order valence-electron chi connectivity index (χ0n) is 17.8. The van der Waals surface area contributed by atoms with Gasteiger partial charge in [0.15, 0.2) is 0 Å². The molecule has 0 radical (unpaired) electrons. The third-order valence-corrected chi connectivity index (χ3v) is 6.86. The predicted octanol–water partition coefficient (Wildman–Crippen LogP) is 2.98. The van der Waals surface area contributed by atoms with Gasteiger partial charge in [-0.15, -0.1) is 0 Å². The lowest BCUT2D eigenvalue weighted by atomic mass is 9.91. The average molecular weight is 471 g/mol. The fourth-order valence-corrected chi connectivity index (χ4v) is 5.16. The second-order valence-electron chi connectivity index (χ2n) is 8.31. The Morgan fingerprint density at radius 2 is 2.10 bits per heavy atom. The van der Waals surface area contributed by atoms with Crippen LogP contribution in [0.5, 0.6) is 0 Å². The minimum absolute atomic E-state index is 0.0313. The Kier molecular flexibility index (Phi) is 7.51. The molecule has 0 saturated carbocycles. The summed E-state index contributed by atoms with van der Waals surface area (Å²) in [6.07, 6.45) is 4.89. The van der Waals surface area contributed by atoms with Gasteiger partial charge in [0.25, 0.3) is 0 Å². The molecule has 0 aromatic carbocycles. The van der Waals surface area contributed by atoms with Crippen LogP contribution < -0.4 is 5.32 Å². The van der Waals surface area contributed by atoms with Crippen molar-refractivity contribution in [1.82, 2.24) is 14.9 Å². The molecule has 1 aliphatic heterocycles. The van der Waals surface area contributed by atoms with Gasteiger partial charge < -0.3 is 10.4 Å². The van der Waals surface area contributed by atoms with E-state index < -0.39 is 15.7 Å². The van der Waals surface area contributed by atoms with Crippen LogP contribution in [0.25, 0.3) is 11.3 Å². The smallest absolute Gasteiger partial charge is 0.149 e. The van der Waals surface area contributed by atoms with Crippen molar-refractivity contribution in [1.29, 1.82) is 0 Å². The van der Waals surface area contributed by atoms with Gasteiger partial charge in [0.05, 0.1) is 5.75 Å². The maximum absolute atomic E-state index is 15.0.